The van der Waals surface area contributed by atoms with Crippen LogP contribution in [0, 0.1) is 11.3 Å². The minimum absolute atomic E-state index is 0.155. The summed E-state index contributed by atoms with van der Waals surface area (Å²) in [5, 5.41) is 9.76. The van der Waals surface area contributed by atoms with E-state index < -0.39 is 0 Å². The third-order valence-electron chi connectivity index (χ3n) is 5.74. The number of benzene rings is 1. The number of aromatic nitrogens is 1. The zero-order valence-corrected chi connectivity index (χ0v) is 16.7. The molecule has 1 aromatic carbocycles. The van der Waals surface area contributed by atoms with E-state index in [2.05, 4.69) is 20.9 Å². The number of nitrogens with zero attached hydrogens (tertiary/aromatic N) is 4. The smallest absolute Gasteiger partial charge is 0.273 e. The Morgan fingerprint density at radius 2 is 1.93 bits per heavy atom. The Labute approximate surface area is 174 Å². The number of hydrogen-bond donors (Lipinski definition) is 1. The van der Waals surface area contributed by atoms with Crippen molar-refractivity contribution in [3.05, 3.63) is 35.0 Å². The number of nitriles is 1. The molecule has 0 atom stereocenters. The Hall–Kier alpha value is -3.47. The van der Waals surface area contributed by atoms with Crippen LogP contribution in [-0.4, -0.2) is 54.9 Å². The first-order valence-corrected chi connectivity index (χ1v) is 10.4. The highest BCUT2D eigenvalue weighted by atomic mass is 16.6. The standard InChI is InChI=1S/C22H23N5O3/c23-13-16-19-20(25-21(16)26-7-2-1-3-8-26)22(28)27(9-6-24-19)14-15-4-5-17-18(12-15)30-11-10-29-17/h4-6,12,25H,1-3,7-11,14H2. The van der Waals surface area contributed by atoms with Crippen LogP contribution in [0.1, 0.15) is 40.9 Å². The summed E-state index contributed by atoms with van der Waals surface area (Å²) in [6.45, 7) is 3.62. The lowest BCUT2D eigenvalue weighted by molar-refractivity contribution is 0.0767. The van der Waals surface area contributed by atoms with Gasteiger partial charge < -0.3 is 24.3 Å². The van der Waals surface area contributed by atoms with E-state index in [9.17, 15) is 10.1 Å². The van der Waals surface area contributed by atoms with E-state index in [4.69, 9.17) is 9.47 Å². The molecule has 1 amide bonds. The molecule has 1 N–H and O–H groups in total. The molecule has 0 spiro atoms. The molecule has 0 saturated carbocycles. The Balaban J connectivity index is 1.43. The lowest BCUT2D eigenvalue weighted by atomic mass is 10.1. The Morgan fingerprint density at radius 3 is 2.73 bits per heavy atom. The zero-order valence-electron chi connectivity index (χ0n) is 16.7. The van der Waals surface area contributed by atoms with Crippen molar-refractivity contribution in [3.63, 3.8) is 0 Å². The number of amides is 1. The molecule has 0 radical (unpaired) electrons. The van der Waals surface area contributed by atoms with E-state index >= 15 is 0 Å². The molecule has 2 aromatic rings. The second kappa shape index (κ2) is 7.75. The van der Waals surface area contributed by atoms with Crippen LogP contribution in [0.3, 0.4) is 0 Å². The minimum Gasteiger partial charge on any atom is -0.486 e. The molecule has 3 aliphatic heterocycles. The van der Waals surface area contributed by atoms with E-state index in [1.54, 1.807) is 11.1 Å². The lowest BCUT2D eigenvalue weighted by Gasteiger charge is -2.27. The van der Waals surface area contributed by atoms with Crippen molar-refractivity contribution in [1.82, 2.24) is 9.88 Å². The quantitative estimate of drug-likeness (QED) is 0.847. The van der Waals surface area contributed by atoms with E-state index in [1.165, 1.54) is 6.42 Å². The van der Waals surface area contributed by atoms with E-state index in [-0.39, 0.29) is 5.91 Å². The maximum absolute atomic E-state index is 13.3. The molecule has 0 bridgehead atoms. The number of ether oxygens (including phenoxy) is 2. The maximum Gasteiger partial charge on any atom is 0.273 e. The summed E-state index contributed by atoms with van der Waals surface area (Å²) >= 11 is 0. The first-order valence-electron chi connectivity index (χ1n) is 10.4. The summed E-state index contributed by atoms with van der Waals surface area (Å²) in [5.74, 6) is 1.99. The van der Waals surface area contributed by atoms with Crippen LogP contribution in [0.15, 0.2) is 23.2 Å². The average molecular weight is 405 g/mol. The third kappa shape index (κ3) is 3.26. The summed E-state index contributed by atoms with van der Waals surface area (Å²) in [6, 6.07) is 8.00. The number of hydrogen-bond acceptors (Lipinski definition) is 6. The second-order valence-electron chi connectivity index (χ2n) is 7.71. The SMILES string of the molecule is N#Cc1c(N2CCCCC2)[nH]c2c1N=CCN(Cc1ccc3c(c1)OCCO3)C2=O. The van der Waals surface area contributed by atoms with Gasteiger partial charge in [-0.2, -0.15) is 5.26 Å². The van der Waals surface area contributed by atoms with Crippen LogP contribution in [0.25, 0.3) is 0 Å². The Morgan fingerprint density at radius 1 is 1.13 bits per heavy atom. The van der Waals surface area contributed by atoms with Gasteiger partial charge >= 0.3 is 0 Å². The first kappa shape index (κ1) is 18.6. The molecule has 4 heterocycles. The van der Waals surface area contributed by atoms with Gasteiger partial charge in [0.25, 0.3) is 5.91 Å². The number of aromatic amines is 1. The van der Waals surface area contributed by atoms with Crippen LogP contribution in [0.2, 0.25) is 0 Å². The molecule has 0 aliphatic carbocycles. The molecule has 1 fully saturated rings. The van der Waals surface area contributed by atoms with Gasteiger partial charge in [0.15, 0.2) is 11.5 Å². The molecule has 30 heavy (non-hydrogen) atoms. The van der Waals surface area contributed by atoms with Crippen molar-refractivity contribution in [2.45, 2.75) is 25.8 Å². The largest absolute Gasteiger partial charge is 0.486 e. The van der Waals surface area contributed by atoms with E-state index in [0.717, 1.165) is 37.2 Å². The number of anilines is 1. The van der Waals surface area contributed by atoms with Gasteiger partial charge in [0.05, 0.1) is 6.54 Å². The van der Waals surface area contributed by atoms with Gasteiger partial charge in [-0.05, 0) is 37.0 Å². The Kier molecular flexibility index (Phi) is 4.79. The number of rotatable bonds is 3. The number of H-pyrrole nitrogens is 1. The lowest BCUT2D eigenvalue weighted by Crippen LogP contribution is -2.32. The van der Waals surface area contributed by atoms with Gasteiger partial charge in [0, 0.05) is 25.8 Å². The number of carbonyl (C=O) groups is 1. The normalized spacial score (nSPS) is 18.0. The highest BCUT2D eigenvalue weighted by molar-refractivity contribution is 6.03. The molecule has 8 heteroatoms. The predicted octanol–water partition coefficient (Wildman–Crippen LogP) is 3.01. The number of piperidine rings is 1. The summed E-state index contributed by atoms with van der Waals surface area (Å²) in [7, 11) is 0. The molecule has 1 aromatic heterocycles. The summed E-state index contributed by atoms with van der Waals surface area (Å²) < 4.78 is 11.2. The van der Waals surface area contributed by atoms with Crippen molar-refractivity contribution in [1.29, 1.82) is 5.26 Å². The van der Waals surface area contributed by atoms with Crippen molar-refractivity contribution in [2.24, 2.45) is 4.99 Å². The van der Waals surface area contributed by atoms with E-state index in [1.807, 2.05) is 18.2 Å². The van der Waals surface area contributed by atoms with Gasteiger partial charge in [-0.15, -0.1) is 0 Å². The fraction of sp³-hybridized carbons (Fsp3) is 0.409. The van der Waals surface area contributed by atoms with Crippen molar-refractivity contribution >= 4 is 23.6 Å². The summed E-state index contributed by atoms with van der Waals surface area (Å²) in [5.41, 5.74) is 2.25. The second-order valence-corrected chi connectivity index (χ2v) is 7.71. The van der Waals surface area contributed by atoms with Crippen LogP contribution in [0.4, 0.5) is 11.5 Å². The topological polar surface area (TPSA) is 94.0 Å². The van der Waals surface area contributed by atoms with Crippen LogP contribution in [-0.2, 0) is 6.54 Å². The third-order valence-corrected chi connectivity index (χ3v) is 5.74. The maximum atomic E-state index is 13.3. The van der Waals surface area contributed by atoms with Crippen molar-refractivity contribution in [2.75, 3.05) is 37.7 Å². The van der Waals surface area contributed by atoms with Crippen LogP contribution >= 0.6 is 0 Å². The average Bonchev–Trinajstić information content (AvgIpc) is 3.09. The molecule has 0 unspecified atom stereocenters. The number of carbonyl (C=O) groups excluding carboxylic acids is 1. The fourth-order valence-corrected chi connectivity index (χ4v) is 4.24. The summed E-state index contributed by atoms with van der Waals surface area (Å²) in [4.78, 5) is 24.9. The van der Waals surface area contributed by atoms with Crippen LogP contribution < -0.4 is 14.4 Å². The molecule has 3 aliphatic rings. The van der Waals surface area contributed by atoms with Gasteiger partial charge in [-0.25, -0.2) is 0 Å². The van der Waals surface area contributed by atoms with Crippen molar-refractivity contribution in [3.8, 4) is 17.6 Å². The molecular weight excluding hydrogens is 382 g/mol. The number of nitrogens with one attached hydrogen (secondary N) is 1. The highest BCUT2D eigenvalue weighted by Crippen LogP contribution is 2.36. The van der Waals surface area contributed by atoms with Crippen molar-refractivity contribution < 1.29 is 14.3 Å². The monoisotopic (exact) mass is 405 g/mol. The number of aliphatic imine (C=N–C) groups is 1. The molecular formula is C22H23N5O3. The first-order chi connectivity index (χ1) is 14.7. The summed E-state index contributed by atoms with van der Waals surface area (Å²) in [6.07, 6.45) is 5.07. The van der Waals surface area contributed by atoms with Gasteiger partial charge in [0.2, 0.25) is 0 Å². The number of fused-ring (bicyclic) bond motifs is 2. The Bertz CT molecular complexity index is 1050. The predicted molar refractivity (Wildman–Crippen MR) is 112 cm³/mol. The zero-order chi connectivity index (χ0) is 20.5. The van der Waals surface area contributed by atoms with Crippen LogP contribution in [0.5, 0.6) is 11.5 Å². The highest BCUT2D eigenvalue weighted by Gasteiger charge is 2.30. The molecule has 8 nitrogen and oxygen atoms in total. The molecule has 1 saturated heterocycles. The van der Waals surface area contributed by atoms with Gasteiger partial charge in [-0.3, -0.25) is 9.79 Å². The van der Waals surface area contributed by atoms with Gasteiger partial charge in [-0.1, -0.05) is 6.07 Å². The van der Waals surface area contributed by atoms with Gasteiger partial charge in [0.1, 0.15) is 42.0 Å². The van der Waals surface area contributed by atoms with E-state index in [0.29, 0.717) is 54.8 Å². The minimum atomic E-state index is -0.155. The fourth-order valence-electron chi connectivity index (χ4n) is 4.24. The molecule has 154 valence electrons. The molecule has 5 rings (SSSR count).